The largest absolute Gasteiger partial charge is 0.493 e. The highest BCUT2D eigenvalue weighted by Gasteiger charge is 2.15. The van der Waals surface area contributed by atoms with Crippen molar-refractivity contribution >= 4 is 54.4 Å². The molecule has 0 saturated heterocycles. The van der Waals surface area contributed by atoms with Crippen LogP contribution in [0.25, 0.3) is 10.9 Å². The van der Waals surface area contributed by atoms with E-state index < -0.39 is 5.91 Å². The first kappa shape index (κ1) is 14.9. The van der Waals surface area contributed by atoms with Crippen LogP contribution < -0.4 is 0 Å². The van der Waals surface area contributed by atoms with Crippen LogP contribution in [0.15, 0.2) is 37.4 Å². The highest BCUT2D eigenvalue weighted by Crippen LogP contribution is 2.40. The SMILES string of the molecule is Cc1cc(C(=O)N=Nc2c(O)[nH]c3c(Br)cc(Br)cc23)n[nH]1. The van der Waals surface area contributed by atoms with E-state index in [1.54, 1.807) is 19.1 Å². The number of aromatic hydroxyl groups is 1. The molecule has 3 N–H and O–H groups in total. The van der Waals surface area contributed by atoms with Crippen LogP contribution in [0.5, 0.6) is 5.88 Å². The quantitative estimate of drug-likeness (QED) is 0.530. The lowest BCUT2D eigenvalue weighted by atomic mass is 10.2. The van der Waals surface area contributed by atoms with Crippen molar-refractivity contribution in [3.05, 3.63) is 38.5 Å². The van der Waals surface area contributed by atoms with E-state index in [-0.39, 0.29) is 17.3 Å². The molecular weight excluding hydrogens is 418 g/mol. The first-order valence-electron chi connectivity index (χ1n) is 6.13. The van der Waals surface area contributed by atoms with Crippen LogP contribution >= 0.6 is 31.9 Å². The van der Waals surface area contributed by atoms with Crippen LogP contribution in [-0.4, -0.2) is 26.2 Å². The fourth-order valence-corrected chi connectivity index (χ4v) is 3.29. The number of benzene rings is 1. The number of rotatable bonds is 2. The third kappa shape index (κ3) is 2.69. The minimum Gasteiger partial charge on any atom is -0.493 e. The van der Waals surface area contributed by atoms with Gasteiger partial charge in [-0.15, -0.1) is 10.2 Å². The van der Waals surface area contributed by atoms with Crippen LogP contribution in [-0.2, 0) is 0 Å². The number of aromatic amines is 2. The molecule has 0 aliphatic heterocycles. The molecule has 22 heavy (non-hydrogen) atoms. The Morgan fingerprint density at radius 2 is 2.09 bits per heavy atom. The lowest BCUT2D eigenvalue weighted by Crippen LogP contribution is -1.93. The van der Waals surface area contributed by atoms with E-state index in [1.807, 2.05) is 6.07 Å². The number of hydrogen-bond donors (Lipinski definition) is 3. The minimum absolute atomic E-state index is 0.163. The summed E-state index contributed by atoms with van der Waals surface area (Å²) in [5, 5.41) is 24.5. The van der Waals surface area contributed by atoms with Gasteiger partial charge in [-0.3, -0.25) is 9.89 Å². The van der Waals surface area contributed by atoms with Gasteiger partial charge in [0.15, 0.2) is 11.4 Å². The van der Waals surface area contributed by atoms with Crippen molar-refractivity contribution in [1.82, 2.24) is 15.2 Å². The number of H-pyrrole nitrogens is 2. The van der Waals surface area contributed by atoms with Crippen molar-refractivity contribution in [2.75, 3.05) is 0 Å². The van der Waals surface area contributed by atoms with E-state index >= 15 is 0 Å². The molecule has 0 radical (unpaired) electrons. The summed E-state index contributed by atoms with van der Waals surface area (Å²) in [6.07, 6.45) is 0. The number of aryl methyl sites for hydroxylation is 1. The van der Waals surface area contributed by atoms with Crippen molar-refractivity contribution in [3.8, 4) is 5.88 Å². The molecule has 0 unspecified atom stereocenters. The number of hydrogen-bond acceptors (Lipinski definition) is 4. The number of amides is 1. The predicted octanol–water partition coefficient (Wildman–Crippen LogP) is 4.35. The van der Waals surface area contributed by atoms with Gasteiger partial charge in [0.25, 0.3) is 0 Å². The molecule has 9 heteroatoms. The van der Waals surface area contributed by atoms with Crippen molar-refractivity contribution in [2.45, 2.75) is 6.92 Å². The zero-order valence-electron chi connectivity index (χ0n) is 11.2. The zero-order valence-corrected chi connectivity index (χ0v) is 14.4. The number of halogens is 2. The molecule has 0 fully saturated rings. The highest BCUT2D eigenvalue weighted by molar-refractivity contribution is 9.11. The van der Waals surface area contributed by atoms with Gasteiger partial charge in [0.05, 0.1) is 5.52 Å². The first-order valence-corrected chi connectivity index (χ1v) is 7.72. The van der Waals surface area contributed by atoms with Gasteiger partial charge in [-0.25, -0.2) is 0 Å². The van der Waals surface area contributed by atoms with Gasteiger partial charge in [0, 0.05) is 20.0 Å². The summed E-state index contributed by atoms with van der Waals surface area (Å²) in [5.41, 5.74) is 1.78. The smallest absolute Gasteiger partial charge is 0.315 e. The molecule has 2 heterocycles. The maximum absolute atomic E-state index is 11.9. The van der Waals surface area contributed by atoms with Gasteiger partial charge in [0.1, 0.15) is 0 Å². The van der Waals surface area contributed by atoms with Gasteiger partial charge >= 0.3 is 5.91 Å². The maximum Gasteiger partial charge on any atom is 0.315 e. The van der Waals surface area contributed by atoms with Crippen molar-refractivity contribution in [1.29, 1.82) is 0 Å². The van der Waals surface area contributed by atoms with Crippen molar-refractivity contribution in [3.63, 3.8) is 0 Å². The predicted molar refractivity (Wildman–Crippen MR) is 87.5 cm³/mol. The number of fused-ring (bicyclic) bond motifs is 1. The average Bonchev–Trinajstić information content (AvgIpc) is 3.01. The Bertz CT molecular complexity index is 913. The third-order valence-electron chi connectivity index (χ3n) is 2.94. The van der Waals surface area contributed by atoms with Crippen LogP contribution in [0.4, 0.5) is 5.69 Å². The Hall–Kier alpha value is -2.00. The molecule has 2 aromatic heterocycles. The number of carbonyl (C=O) groups is 1. The molecule has 0 bridgehead atoms. The number of azo groups is 1. The molecule has 0 saturated carbocycles. The topological polar surface area (TPSA) is 106 Å². The molecule has 112 valence electrons. The van der Waals surface area contributed by atoms with Gasteiger partial charge in [0.2, 0.25) is 5.88 Å². The van der Waals surface area contributed by atoms with Crippen LogP contribution in [0.3, 0.4) is 0 Å². The number of nitrogens with zero attached hydrogens (tertiary/aromatic N) is 3. The molecule has 0 atom stereocenters. The molecule has 7 nitrogen and oxygen atoms in total. The summed E-state index contributed by atoms with van der Waals surface area (Å²) in [7, 11) is 0. The van der Waals surface area contributed by atoms with E-state index in [0.717, 1.165) is 14.6 Å². The lowest BCUT2D eigenvalue weighted by molar-refractivity contribution is 0.0990. The van der Waals surface area contributed by atoms with E-state index in [2.05, 4.69) is 57.3 Å². The Labute approximate surface area is 141 Å². The fourth-order valence-electron chi connectivity index (χ4n) is 1.97. The van der Waals surface area contributed by atoms with Crippen molar-refractivity contribution in [2.24, 2.45) is 10.2 Å². The van der Waals surface area contributed by atoms with Crippen molar-refractivity contribution < 1.29 is 9.90 Å². The van der Waals surface area contributed by atoms with Crippen LogP contribution in [0.1, 0.15) is 16.2 Å². The number of nitrogens with one attached hydrogen (secondary N) is 2. The average molecular weight is 427 g/mol. The van der Waals surface area contributed by atoms with Gasteiger partial charge in [-0.1, -0.05) is 15.9 Å². The summed E-state index contributed by atoms with van der Waals surface area (Å²) >= 11 is 6.76. The standard InChI is InChI=1S/C13H9Br2N5O2/c1-5-2-9(18-17-5)12(21)20-19-11-7-3-6(14)4-8(15)10(7)16-13(11)22/h2-4,16,22H,1H3,(H,17,18). The third-order valence-corrected chi connectivity index (χ3v) is 4.03. The molecule has 0 spiro atoms. The maximum atomic E-state index is 11.9. The van der Waals surface area contributed by atoms with E-state index in [9.17, 15) is 9.90 Å². The Morgan fingerprint density at radius 3 is 2.77 bits per heavy atom. The first-order chi connectivity index (χ1) is 10.5. The fraction of sp³-hybridized carbons (Fsp3) is 0.0769. The molecule has 0 aliphatic carbocycles. The molecule has 3 aromatic rings. The second-order valence-electron chi connectivity index (χ2n) is 4.57. The van der Waals surface area contributed by atoms with Crippen LogP contribution in [0, 0.1) is 6.92 Å². The Balaban J connectivity index is 2.02. The normalized spacial score (nSPS) is 11.6. The zero-order chi connectivity index (χ0) is 15.9. The monoisotopic (exact) mass is 425 g/mol. The summed E-state index contributed by atoms with van der Waals surface area (Å²) in [6, 6.07) is 5.17. The van der Waals surface area contributed by atoms with Gasteiger partial charge in [-0.05, 0) is 41.1 Å². The Kier molecular flexibility index (Phi) is 3.83. The van der Waals surface area contributed by atoms with E-state index in [4.69, 9.17) is 0 Å². The lowest BCUT2D eigenvalue weighted by Gasteiger charge is -1.96. The van der Waals surface area contributed by atoms with E-state index in [1.165, 1.54) is 0 Å². The minimum atomic E-state index is -0.591. The van der Waals surface area contributed by atoms with Gasteiger partial charge < -0.3 is 10.1 Å². The second kappa shape index (κ2) is 5.65. The van der Waals surface area contributed by atoms with Crippen LogP contribution in [0.2, 0.25) is 0 Å². The molecule has 1 amide bonds. The summed E-state index contributed by atoms with van der Waals surface area (Å²) < 4.78 is 1.56. The molecule has 0 aliphatic rings. The highest BCUT2D eigenvalue weighted by atomic mass is 79.9. The number of aromatic nitrogens is 3. The molecule has 3 rings (SSSR count). The molecular formula is C13H9Br2N5O2. The molecule has 1 aromatic carbocycles. The van der Waals surface area contributed by atoms with Gasteiger partial charge in [-0.2, -0.15) is 5.10 Å². The van der Waals surface area contributed by atoms with E-state index in [0.29, 0.717) is 10.9 Å². The summed E-state index contributed by atoms with van der Waals surface area (Å²) in [4.78, 5) is 14.7. The second-order valence-corrected chi connectivity index (χ2v) is 6.34. The summed E-state index contributed by atoms with van der Waals surface area (Å²) in [6.45, 7) is 1.78. The summed E-state index contributed by atoms with van der Waals surface area (Å²) in [5.74, 6) is -0.754. The number of carbonyl (C=O) groups excluding carboxylic acids is 1. The Morgan fingerprint density at radius 1 is 1.32 bits per heavy atom.